The maximum absolute atomic E-state index is 13.2. The summed E-state index contributed by atoms with van der Waals surface area (Å²) in [5.41, 5.74) is 0.582. The molecule has 0 amide bonds. The van der Waals surface area contributed by atoms with E-state index in [1.165, 1.54) is 25.0 Å². The first-order valence-electron chi connectivity index (χ1n) is 11.1. The van der Waals surface area contributed by atoms with Gasteiger partial charge in [0.25, 0.3) is 0 Å². The normalized spacial score (nSPS) is 19.8. The van der Waals surface area contributed by atoms with Crippen LogP contribution in [-0.4, -0.2) is 31.5 Å². The van der Waals surface area contributed by atoms with E-state index in [0.29, 0.717) is 18.4 Å². The summed E-state index contributed by atoms with van der Waals surface area (Å²) >= 11 is 0. The zero-order valence-electron chi connectivity index (χ0n) is 19.6. The molecule has 0 spiro atoms. The maximum Gasteiger partial charge on any atom is 0.196 e. The SMILES string of the molecule is CC1=C(C(=O)c2ccc3c(c2C)C(=O)C(C)(C)CS3(=O)=O)C(=O)CCCC1.CCCC. The van der Waals surface area contributed by atoms with Gasteiger partial charge in [-0.1, -0.05) is 46.1 Å². The summed E-state index contributed by atoms with van der Waals surface area (Å²) in [6.07, 6.45) is 5.28. The molecular weight excluding hydrogens is 412 g/mol. The van der Waals surface area contributed by atoms with Crippen LogP contribution in [0.5, 0.6) is 0 Å². The van der Waals surface area contributed by atoms with Crippen LogP contribution in [0.25, 0.3) is 0 Å². The van der Waals surface area contributed by atoms with Crippen molar-refractivity contribution in [3.05, 3.63) is 40.0 Å². The fraction of sp³-hybridized carbons (Fsp3) is 0.560. The van der Waals surface area contributed by atoms with Crippen molar-refractivity contribution >= 4 is 27.2 Å². The molecule has 0 N–H and O–H groups in total. The van der Waals surface area contributed by atoms with Gasteiger partial charge in [0, 0.05) is 23.0 Å². The average Bonchev–Trinajstić information content (AvgIpc) is 2.85. The summed E-state index contributed by atoms with van der Waals surface area (Å²) in [5.74, 6) is -1.11. The van der Waals surface area contributed by atoms with E-state index >= 15 is 0 Å². The highest BCUT2D eigenvalue weighted by Gasteiger charge is 2.44. The minimum Gasteiger partial charge on any atom is -0.294 e. The third-order valence-electron chi connectivity index (χ3n) is 6.04. The van der Waals surface area contributed by atoms with E-state index in [4.69, 9.17) is 0 Å². The summed E-state index contributed by atoms with van der Waals surface area (Å²) in [4.78, 5) is 38.6. The van der Waals surface area contributed by atoms with Crippen LogP contribution in [0.1, 0.15) is 99.4 Å². The largest absolute Gasteiger partial charge is 0.294 e. The molecule has 1 aromatic carbocycles. The molecule has 0 saturated carbocycles. The fourth-order valence-electron chi connectivity index (χ4n) is 4.05. The zero-order valence-corrected chi connectivity index (χ0v) is 20.4. The lowest BCUT2D eigenvalue weighted by Crippen LogP contribution is -2.39. The summed E-state index contributed by atoms with van der Waals surface area (Å²) in [6.45, 7) is 11.0. The van der Waals surface area contributed by atoms with E-state index < -0.39 is 21.0 Å². The molecule has 1 aromatic rings. The molecule has 1 aliphatic carbocycles. The van der Waals surface area contributed by atoms with Crippen LogP contribution < -0.4 is 0 Å². The van der Waals surface area contributed by atoms with Gasteiger partial charge in [0.15, 0.2) is 27.2 Å². The number of fused-ring (bicyclic) bond motifs is 1. The Labute approximate surface area is 186 Å². The third kappa shape index (κ3) is 5.05. The number of ketones is 3. The van der Waals surface area contributed by atoms with Crippen LogP contribution in [0.2, 0.25) is 0 Å². The van der Waals surface area contributed by atoms with Gasteiger partial charge in [-0.2, -0.15) is 0 Å². The summed E-state index contributed by atoms with van der Waals surface area (Å²) < 4.78 is 25.2. The minimum atomic E-state index is -3.61. The first-order valence-corrected chi connectivity index (χ1v) is 12.7. The molecule has 170 valence electrons. The van der Waals surface area contributed by atoms with Gasteiger partial charge in [-0.15, -0.1) is 0 Å². The van der Waals surface area contributed by atoms with Crippen LogP contribution in [0.3, 0.4) is 0 Å². The number of sulfone groups is 1. The highest BCUT2D eigenvalue weighted by atomic mass is 32.2. The van der Waals surface area contributed by atoms with Crippen molar-refractivity contribution in [1.29, 1.82) is 0 Å². The molecule has 0 bridgehead atoms. The number of carbonyl (C=O) groups is 3. The smallest absolute Gasteiger partial charge is 0.196 e. The van der Waals surface area contributed by atoms with Crippen LogP contribution in [0.4, 0.5) is 0 Å². The summed E-state index contributed by atoms with van der Waals surface area (Å²) in [6, 6.07) is 2.78. The van der Waals surface area contributed by atoms with Gasteiger partial charge in [-0.3, -0.25) is 14.4 Å². The Hall–Kier alpha value is -2.08. The lowest BCUT2D eigenvalue weighted by atomic mass is 9.82. The predicted octanol–water partition coefficient (Wildman–Crippen LogP) is 5.44. The Kier molecular flexibility index (Phi) is 7.79. The zero-order chi connectivity index (χ0) is 23.6. The van der Waals surface area contributed by atoms with Crippen molar-refractivity contribution in [2.75, 3.05) is 5.75 Å². The number of rotatable bonds is 3. The van der Waals surface area contributed by atoms with Gasteiger partial charge in [-0.25, -0.2) is 8.42 Å². The molecular formula is C25H34O5S. The number of Topliss-reactive ketones (excluding diaryl/α,β-unsaturated/α-hetero) is 3. The van der Waals surface area contributed by atoms with Crippen LogP contribution in [0, 0.1) is 12.3 Å². The molecule has 0 atom stereocenters. The Morgan fingerprint density at radius 3 is 2.16 bits per heavy atom. The fourth-order valence-corrected chi connectivity index (χ4v) is 6.12. The van der Waals surface area contributed by atoms with E-state index in [1.54, 1.807) is 27.7 Å². The molecule has 0 radical (unpaired) electrons. The van der Waals surface area contributed by atoms with E-state index in [-0.39, 0.29) is 38.9 Å². The lowest BCUT2D eigenvalue weighted by molar-refractivity contribution is -0.115. The van der Waals surface area contributed by atoms with E-state index in [2.05, 4.69) is 13.8 Å². The quantitative estimate of drug-likeness (QED) is 0.456. The Morgan fingerprint density at radius 1 is 1.00 bits per heavy atom. The van der Waals surface area contributed by atoms with E-state index in [9.17, 15) is 22.8 Å². The van der Waals surface area contributed by atoms with E-state index in [1.807, 2.05) is 0 Å². The molecule has 0 fully saturated rings. The van der Waals surface area contributed by atoms with Crippen molar-refractivity contribution in [1.82, 2.24) is 0 Å². The Morgan fingerprint density at radius 2 is 1.58 bits per heavy atom. The Bertz CT molecular complexity index is 1040. The molecule has 1 heterocycles. The van der Waals surface area contributed by atoms with E-state index in [0.717, 1.165) is 18.4 Å². The van der Waals surface area contributed by atoms with Crippen molar-refractivity contribution in [3.63, 3.8) is 0 Å². The van der Waals surface area contributed by atoms with Crippen LogP contribution >= 0.6 is 0 Å². The molecule has 6 heteroatoms. The number of hydrogen-bond donors (Lipinski definition) is 0. The number of hydrogen-bond acceptors (Lipinski definition) is 5. The van der Waals surface area contributed by atoms with Gasteiger partial charge >= 0.3 is 0 Å². The van der Waals surface area contributed by atoms with Gasteiger partial charge in [0.05, 0.1) is 16.2 Å². The van der Waals surface area contributed by atoms with Crippen molar-refractivity contribution < 1.29 is 22.8 Å². The number of unbranched alkanes of at least 4 members (excludes halogenated alkanes) is 1. The number of allylic oxidation sites excluding steroid dienone is 2. The molecule has 31 heavy (non-hydrogen) atoms. The van der Waals surface area contributed by atoms with Crippen molar-refractivity contribution in [2.24, 2.45) is 5.41 Å². The molecule has 5 nitrogen and oxygen atoms in total. The number of carbonyl (C=O) groups excluding carboxylic acids is 3. The highest BCUT2D eigenvalue weighted by molar-refractivity contribution is 7.91. The second kappa shape index (κ2) is 9.60. The van der Waals surface area contributed by atoms with Gasteiger partial charge in [-0.05, 0) is 50.8 Å². The molecule has 3 rings (SSSR count). The van der Waals surface area contributed by atoms with Crippen molar-refractivity contribution in [2.45, 2.75) is 85.0 Å². The predicted molar refractivity (Wildman–Crippen MR) is 122 cm³/mol. The first kappa shape index (κ1) is 25.2. The first-order chi connectivity index (χ1) is 14.4. The maximum atomic E-state index is 13.2. The third-order valence-corrected chi connectivity index (χ3v) is 8.15. The molecule has 0 unspecified atom stereocenters. The molecule has 0 aromatic heterocycles. The van der Waals surface area contributed by atoms with Crippen LogP contribution in [-0.2, 0) is 14.6 Å². The second-order valence-corrected chi connectivity index (χ2v) is 11.2. The lowest BCUT2D eigenvalue weighted by Gasteiger charge is -2.31. The summed E-state index contributed by atoms with van der Waals surface area (Å²) in [7, 11) is -3.61. The van der Waals surface area contributed by atoms with Gasteiger partial charge in [0.1, 0.15) is 0 Å². The summed E-state index contributed by atoms with van der Waals surface area (Å²) in [5, 5.41) is 0. The average molecular weight is 447 g/mol. The molecule has 1 aliphatic heterocycles. The standard InChI is InChI=1S/C21H24O5S.C4H10/c1-12-7-5-6-8-15(22)17(12)19(23)14-9-10-16-18(13(14)2)20(24)21(3,4)11-27(16,25)26;1-3-4-2/h9-10H,5-8,11H2,1-4H3;3-4H2,1-2H3. The number of benzene rings is 1. The minimum absolute atomic E-state index is 0.0150. The highest BCUT2D eigenvalue weighted by Crippen LogP contribution is 2.38. The van der Waals surface area contributed by atoms with Gasteiger partial charge < -0.3 is 0 Å². The van der Waals surface area contributed by atoms with Crippen LogP contribution in [0.15, 0.2) is 28.2 Å². The topological polar surface area (TPSA) is 85.3 Å². The Balaban J connectivity index is 0.000000785. The monoisotopic (exact) mass is 446 g/mol. The molecule has 0 saturated heterocycles. The van der Waals surface area contributed by atoms with Gasteiger partial charge in [0.2, 0.25) is 0 Å². The second-order valence-electron chi connectivity index (χ2n) is 9.20. The molecule has 2 aliphatic rings. The van der Waals surface area contributed by atoms with Crippen molar-refractivity contribution in [3.8, 4) is 0 Å².